The van der Waals surface area contributed by atoms with E-state index in [9.17, 15) is 5.21 Å². The molecule has 1 atom stereocenters. The summed E-state index contributed by atoms with van der Waals surface area (Å²) >= 11 is 0. The van der Waals surface area contributed by atoms with Gasteiger partial charge in [-0.2, -0.15) is 0 Å². The van der Waals surface area contributed by atoms with Crippen LogP contribution in [0.4, 0.5) is 0 Å². The van der Waals surface area contributed by atoms with E-state index in [1.807, 2.05) is 34.7 Å². The third-order valence-electron chi connectivity index (χ3n) is 3.49. The number of nitrogens with zero attached hydrogens (tertiary/aromatic N) is 2. The van der Waals surface area contributed by atoms with E-state index < -0.39 is 0 Å². The zero-order valence-corrected chi connectivity index (χ0v) is 8.88. The molecule has 0 aromatic carbocycles. The molecule has 0 bridgehead atoms. The lowest BCUT2D eigenvalue weighted by Gasteiger charge is -2.32. The Balaban J connectivity index is 3.03. The molecule has 3 nitrogen and oxygen atoms in total. The SMILES string of the molecule is CC1N(C)C(C)(C)N([O])C1(C)C. The molecule has 1 radical (unpaired) electrons. The van der Waals surface area contributed by atoms with Crippen molar-refractivity contribution in [2.24, 2.45) is 0 Å². The standard InChI is InChI=1S/C9H19N2O/c1-7-8(2,3)11(12)9(4,5)10(7)6/h7H,1-6H3. The number of likely N-dealkylation sites (N-methyl/N-ethyl adjacent to an activating group) is 1. The van der Waals surface area contributed by atoms with Gasteiger partial charge in [-0.05, 0) is 41.7 Å². The van der Waals surface area contributed by atoms with E-state index in [2.05, 4.69) is 11.8 Å². The van der Waals surface area contributed by atoms with Crippen LogP contribution in [-0.4, -0.2) is 34.3 Å². The molecule has 0 aromatic rings. The van der Waals surface area contributed by atoms with Crippen LogP contribution in [-0.2, 0) is 5.21 Å². The van der Waals surface area contributed by atoms with Crippen LogP contribution < -0.4 is 0 Å². The zero-order chi connectivity index (χ0) is 9.73. The van der Waals surface area contributed by atoms with Gasteiger partial charge in [0.15, 0.2) is 0 Å². The number of rotatable bonds is 0. The minimum atomic E-state index is -0.372. The van der Waals surface area contributed by atoms with Crippen LogP contribution in [0.2, 0.25) is 0 Å². The van der Waals surface area contributed by atoms with Crippen molar-refractivity contribution < 1.29 is 5.21 Å². The van der Waals surface area contributed by atoms with Crippen molar-refractivity contribution in [2.45, 2.75) is 51.9 Å². The van der Waals surface area contributed by atoms with E-state index in [0.29, 0.717) is 6.04 Å². The third kappa shape index (κ3) is 1.00. The maximum absolute atomic E-state index is 11.8. The zero-order valence-electron chi connectivity index (χ0n) is 8.88. The van der Waals surface area contributed by atoms with Gasteiger partial charge in [-0.3, -0.25) is 4.90 Å². The van der Waals surface area contributed by atoms with Crippen molar-refractivity contribution in [2.75, 3.05) is 7.05 Å². The first kappa shape index (κ1) is 9.96. The fourth-order valence-corrected chi connectivity index (χ4v) is 1.97. The Kier molecular flexibility index (Phi) is 2.02. The van der Waals surface area contributed by atoms with Gasteiger partial charge in [0.2, 0.25) is 0 Å². The maximum atomic E-state index is 11.8. The highest BCUT2D eigenvalue weighted by atomic mass is 16.5. The predicted molar refractivity (Wildman–Crippen MR) is 47.9 cm³/mol. The van der Waals surface area contributed by atoms with Gasteiger partial charge in [0.25, 0.3) is 0 Å². The number of hydrogen-bond acceptors (Lipinski definition) is 2. The summed E-state index contributed by atoms with van der Waals surface area (Å²) in [5.41, 5.74) is -0.652. The second-order valence-corrected chi connectivity index (χ2v) is 4.73. The van der Waals surface area contributed by atoms with Crippen molar-refractivity contribution in [3.8, 4) is 0 Å². The fraction of sp³-hybridized carbons (Fsp3) is 1.00. The van der Waals surface area contributed by atoms with Gasteiger partial charge in [0.05, 0.1) is 11.2 Å². The van der Waals surface area contributed by atoms with Crippen molar-refractivity contribution in [1.29, 1.82) is 0 Å². The quantitative estimate of drug-likeness (QED) is 0.552. The summed E-state index contributed by atoms with van der Waals surface area (Å²) < 4.78 is 0. The molecule has 0 aliphatic carbocycles. The van der Waals surface area contributed by atoms with Crippen molar-refractivity contribution in [3.05, 3.63) is 0 Å². The Bertz CT molecular complexity index is 169. The summed E-state index contributed by atoms with van der Waals surface area (Å²) in [5.74, 6) is 0. The summed E-state index contributed by atoms with van der Waals surface area (Å²) in [6.07, 6.45) is 0. The highest BCUT2D eigenvalue weighted by Crippen LogP contribution is 2.39. The molecule has 0 aromatic heterocycles. The Labute approximate surface area is 74.9 Å². The molecule has 1 unspecified atom stereocenters. The molecule has 1 heterocycles. The molecular formula is C9H19N2O. The molecule has 0 amide bonds. The molecule has 0 spiro atoms. The van der Waals surface area contributed by atoms with Crippen molar-refractivity contribution >= 4 is 0 Å². The van der Waals surface area contributed by atoms with Crippen LogP contribution in [0.1, 0.15) is 34.6 Å². The predicted octanol–water partition coefficient (Wildman–Crippen LogP) is 1.48. The highest BCUT2D eigenvalue weighted by Gasteiger charge is 2.54. The summed E-state index contributed by atoms with van der Waals surface area (Å²) in [7, 11) is 2.00. The molecule has 3 heteroatoms. The van der Waals surface area contributed by atoms with E-state index in [-0.39, 0.29) is 11.2 Å². The summed E-state index contributed by atoms with van der Waals surface area (Å²) in [4.78, 5) is 2.12. The minimum absolute atomic E-state index is 0.280. The average molecular weight is 171 g/mol. The largest absolute Gasteiger partial charge is 0.282 e. The number of hydrogen-bond donors (Lipinski definition) is 0. The van der Waals surface area contributed by atoms with Crippen LogP contribution in [0, 0.1) is 0 Å². The molecule has 1 saturated heterocycles. The van der Waals surface area contributed by atoms with Crippen molar-refractivity contribution in [1.82, 2.24) is 9.96 Å². The normalized spacial score (nSPS) is 35.8. The van der Waals surface area contributed by atoms with E-state index in [1.54, 1.807) is 0 Å². The van der Waals surface area contributed by atoms with Gasteiger partial charge < -0.3 is 0 Å². The van der Waals surface area contributed by atoms with Crippen LogP contribution in [0.5, 0.6) is 0 Å². The van der Waals surface area contributed by atoms with Gasteiger partial charge in [-0.25, -0.2) is 0 Å². The van der Waals surface area contributed by atoms with Crippen molar-refractivity contribution in [3.63, 3.8) is 0 Å². The summed E-state index contributed by atoms with van der Waals surface area (Å²) in [6.45, 7) is 10.0. The topological polar surface area (TPSA) is 26.4 Å². The minimum Gasteiger partial charge on any atom is -0.282 e. The molecule has 1 fully saturated rings. The van der Waals surface area contributed by atoms with Crippen LogP contribution in [0.3, 0.4) is 0 Å². The molecule has 71 valence electrons. The monoisotopic (exact) mass is 171 g/mol. The lowest BCUT2D eigenvalue weighted by molar-refractivity contribution is -0.257. The summed E-state index contributed by atoms with van der Waals surface area (Å²) in [6, 6.07) is 0.296. The van der Waals surface area contributed by atoms with Crippen LogP contribution in [0.15, 0.2) is 0 Å². The average Bonchev–Trinajstić information content (AvgIpc) is 2.06. The van der Waals surface area contributed by atoms with Gasteiger partial charge in [0.1, 0.15) is 0 Å². The molecular weight excluding hydrogens is 152 g/mol. The van der Waals surface area contributed by atoms with Gasteiger partial charge in [0, 0.05) is 6.04 Å². The first-order valence-electron chi connectivity index (χ1n) is 4.42. The molecule has 12 heavy (non-hydrogen) atoms. The Morgan fingerprint density at radius 2 is 1.58 bits per heavy atom. The smallest absolute Gasteiger partial charge is 0.0959 e. The fourth-order valence-electron chi connectivity index (χ4n) is 1.97. The Hall–Kier alpha value is -0.120. The van der Waals surface area contributed by atoms with Gasteiger partial charge in [-0.1, -0.05) is 0 Å². The second-order valence-electron chi connectivity index (χ2n) is 4.73. The molecule has 1 rings (SSSR count). The van der Waals surface area contributed by atoms with E-state index in [4.69, 9.17) is 0 Å². The molecule has 0 N–H and O–H groups in total. The molecule has 0 saturated carbocycles. The highest BCUT2D eigenvalue weighted by molar-refractivity contribution is 5.02. The van der Waals surface area contributed by atoms with Crippen LogP contribution >= 0.6 is 0 Å². The second kappa shape index (κ2) is 2.44. The lowest BCUT2D eigenvalue weighted by Crippen LogP contribution is -2.48. The Morgan fingerprint density at radius 3 is 1.67 bits per heavy atom. The van der Waals surface area contributed by atoms with Gasteiger partial charge in [-0.15, -0.1) is 10.3 Å². The number of hydroxylamine groups is 2. The Morgan fingerprint density at radius 1 is 1.17 bits per heavy atom. The lowest BCUT2D eigenvalue weighted by atomic mass is 9.98. The van der Waals surface area contributed by atoms with E-state index >= 15 is 0 Å². The molecule has 1 aliphatic rings. The molecule has 1 aliphatic heterocycles. The van der Waals surface area contributed by atoms with E-state index in [0.717, 1.165) is 0 Å². The van der Waals surface area contributed by atoms with E-state index in [1.165, 1.54) is 5.06 Å². The summed E-state index contributed by atoms with van der Waals surface area (Å²) in [5, 5.41) is 13.0. The third-order valence-corrected chi connectivity index (χ3v) is 3.49. The van der Waals surface area contributed by atoms with Crippen LogP contribution in [0.25, 0.3) is 0 Å². The van der Waals surface area contributed by atoms with Gasteiger partial charge >= 0.3 is 0 Å². The first-order valence-corrected chi connectivity index (χ1v) is 4.42. The maximum Gasteiger partial charge on any atom is 0.0959 e. The first-order chi connectivity index (χ1) is 5.22.